The second-order valence-electron chi connectivity index (χ2n) is 5.95. The van der Waals surface area contributed by atoms with Gasteiger partial charge in [0.15, 0.2) is 5.82 Å². The first-order valence-corrected chi connectivity index (χ1v) is 8.88. The van der Waals surface area contributed by atoms with Crippen molar-refractivity contribution in [3.8, 4) is 5.69 Å². The molecule has 1 N–H and O–H groups in total. The Morgan fingerprint density at radius 2 is 2.20 bits per heavy atom. The van der Waals surface area contributed by atoms with Gasteiger partial charge in [-0.2, -0.15) is 5.10 Å². The van der Waals surface area contributed by atoms with Crippen molar-refractivity contribution in [2.45, 2.75) is 25.3 Å². The number of carbonyl (C=O) groups excluding carboxylic acids is 1. The molecule has 128 valence electrons. The quantitative estimate of drug-likeness (QED) is 0.768. The first-order valence-electron chi connectivity index (χ1n) is 8.00. The van der Waals surface area contributed by atoms with Crippen molar-refractivity contribution in [3.05, 3.63) is 69.7 Å². The van der Waals surface area contributed by atoms with Crippen molar-refractivity contribution in [3.63, 3.8) is 0 Å². The second kappa shape index (κ2) is 6.40. The van der Waals surface area contributed by atoms with Gasteiger partial charge in [0, 0.05) is 17.3 Å². The lowest BCUT2D eigenvalue weighted by Crippen LogP contribution is -2.30. The van der Waals surface area contributed by atoms with E-state index in [1.807, 2.05) is 11.4 Å². The molecule has 0 aliphatic heterocycles. The topological polar surface area (TPSA) is 46.9 Å². The van der Waals surface area contributed by atoms with Gasteiger partial charge in [-0.05, 0) is 42.8 Å². The molecule has 1 amide bonds. The van der Waals surface area contributed by atoms with E-state index >= 15 is 0 Å². The summed E-state index contributed by atoms with van der Waals surface area (Å²) in [7, 11) is 0. The van der Waals surface area contributed by atoms with Crippen LogP contribution in [-0.2, 0) is 6.42 Å². The van der Waals surface area contributed by atoms with E-state index < -0.39 is 11.6 Å². The van der Waals surface area contributed by atoms with Gasteiger partial charge in [-0.25, -0.2) is 13.5 Å². The standard InChI is InChI=1S/C18H15F2N3OS/c19-11-6-7-16(13(20)9-11)23-15-4-1-3-14(12(15)10-21-23)22-18(24)17-5-2-8-25-17/h2,5-10,14H,1,3-4H2,(H,22,24). The van der Waals surface area contributed by atoms with Crippen molar-refractivity contribution in [2.24, 2.45) is 0 Å². The summed E-state index contributed by atoms with van der Waals surface area (Å²) in [4.78, 5) is 13.0. The van der Waals surface area contributed by atoms with Gasteiger partial charge in [0.2, 0.25) is 0 Å². The highest BCUT2D eigenvalue weighted by Gasteiger charge is 2.27. The normalized spacial score (nSPS) is 16.5. The van der Waals surface area contributed by atoms with Crippen LogP contribution in [0.25, 0.3) is 5.69 Å². The third-order valence-corrected chi connectivity index (χ3v) is 5.24. The summed E-state index contributed by atoms with van der Waals surface area (Å²) < 4.78 is 28.8. The van der Waals surface area contributed by atoms with Crippen molar-refractivity contribution in [1.29, 1.82) is 0 Å². The molecular formula is C18H15F2N3OS. The number of benzene rings is 1. The van der Waals surface area contributed by atoms with Crippen LogP contribution in [0.3, 0.4) is 0 Å². The maximum atomic E-state index is 14.1. The number of carbonyl (C=O) groups is 1. The number of halogens is 2. The Balaban J connectivity index is 1.65. The van der Waals surface area contributed by atoms with E-state index in [0.29, 0.717) is 4.88 Å². The smallest absolute Gasteiger partial charge is 0.261 e. The molecule has 1 aliphatic rings. The maximum Gasteiger partial charge on any atom is 0.261 e. The molecule has 2 heterocycles. The molecule has 0 spiro atoms. The largest absolute Gasteiger partial charge is 0.344 e. The number of nitrogens with zero attached hydrogens (tertiary/aromatic N) is 2. The molecule has 1 aliphatic carbocycles. The predicted molar refractivity (Wildman–Crippen MR) is 90.9 cm³/mol. The van der Waals surface area contributed by atoms with Crippen LogP contribution in [0.2, 0.25) is 0 Å². The summed E-state index contributed by atoms with van der Waals surface area (Å²) in [5, 5.41) is 9.17. The zero-order chi connectivity index (χ0) is 17.4. The number of hydrogen-bond acceptors (Lipinski definition) is 3. The fourth-order valence-corrected chi connectivity index (χ4v) is 3.83. The number of amides is 1. The minimum absolute atomic E-state index is 0.117. The summed E-state index contributed by atoms with van der Waals surface area (Å²) >= 11 is 1.39. The van der Waals surface area contributed by atoms with Gasteiger partial charge in [0.1, 0.15) is 11.5 Å². The van der Waals surface area contributed by atoms with Crippen LogP contribution in [-0.4, -0.2) is 15.7 Å². The molecular weight excluding hydrogens is 344 g/mol. The Kier molecular flexibility index (Phi) is 4.09. The summed E-state index contributed by atoms with van der Waals surface area (Å²) in [6.45, 7) is 0. The van der Waals surface area contributed by atoms with Gasteiger partial charge in [0.05, 0.1) is 17.1 Å². The van der Waals surface area contributed by atoms with Crippen LogP contribution < -0.4 is 5.32 Å². The van der Waals surface area contributed by atoms with Crippen LogP contribution in [0.1, 0.15) is 39.8 Å². The Hall–Kier alpha value is -2.54. The first-order chi connectivity index (χ1) is 12.1. The van der Waals surface area contributed by atoms with E-state index in [0.717, 1.165) is 36.6 Å². The van der Waals surface area contributed by atoms with E-state index in [-0.39, 0.29) is 17.6 Å². The average Bonchev–Trinajstić information content (AvgIpc) is 3.25. The van der Waals surface area contributed by atoms with Gasteiger partial charge in [-0.3, -0.25) is 4.79 Å². The maximum absolute atomic E-state index is 14.1. The van der Waals surface area contributed by atoms with Crippen LogP contribution >= 0.6 is 11.3 Å². The Morgan fingerprint density at radius 1 is 1.32 bits per heavy atom. The van der Waals surface area contributed by atoms with Crippen LogP contribution in [0.5, 0.6) is 0 Å². The van der Waals surface area contributed by atoms with Gasteiger partial charge in [0.25, 0.3) is 5.91 Å². The minimum atomic E-state index is -0.657. The number of thiophene rings is 1. The molecule has 1 aromatic carbocycles. The SMILES string of the molecule is O=C(NC1CCCc2c1cnn2-c1ccc(F)cc1F)c1cccs1. The fourth-order valence-electron chi connectivity index (χ4n) is 3.20. The fraction of sp³-hybridized carbons (Fsp3) is 0.222. The molecule has 0 bridgehead atoms. The lowest BCUT2D eigenvalue weighted by atomic mass is 9.93. The molecule has 7 heteroatoms. The number of nitrogens with one attached hydrogen (secondary N) is 1. The molecule has 3 aromatic rings. The van der Waals surface area contributed by atoms with Crippen molar-refractivity contribution < 1.29 is 13.6 Å². The third-order valence-electron chi connectivity index (χ3n) is 4.37. The molecule has 0 saturated carbocycles. The second-order valence-corrected chi connectivity index (χ2v) is 6.90. The van der Waals surface area contributed by atoms with E-state index in [4.69, 9.17) is 0 Å². The molecule has 1 unspecified atom stereocenters. The van der Waals surface area contributed by atoms with Crippen LogP contribution in [0, 0.1) is 11.6 Å². The van der Waals surface area contributed by atoms with E-state index in [9.17, 15) is 13.6 Å². The van der Waals surface area contributed by atoms with E-state index in [1.54, 1.807) is 12.3 Å². The van der Waals surface area contributed by atoms with Crippen molar-refractivity contribution >= 4 is 17.2 Å². The van der Waals surface area contributed by atoms with E-state index in [1.165, 1.54) is 28.2 Å². The number of rotatable bonds is 3. The molecule has 25 heavy (non-hydrogen) atoms. The third kappa shape index (κ3) is 2.95. The summed E-state index contributed by atoms with van der Waals surface area (Å²) in [5.41, 5.74) is 1.96. The Bertz CT molecular complexity index is 921. The molecule has 4 rings (SSSR count). The Labute approximate surface area is 147 Å². The highest BCUT2D eigenvalue weighted by molar-refractivity contribution is 7.12. The molecule has 0 radical (unpaired) electrons. The van der Waals surface area contributed by atoms with Gasteiger partial charge < -0.3 is 5.32 Å². The lowest BCUT2D eigenvalue weighted by molar-refractivity contribution is 0.0937. The number of aromatic nitrogens is 2. The Morgan fingerprint density at radius 3 is 2.96 bits per heavy atom. The van der Waals surface area contributed by atoms with Gasteiger partial charge in [-0.1, -0.05) is 6.07 Å². The number of hydrogen-bond donors (Lipinski definition) is 1. The summed E-state index contributed by atoms with van der Waals surface area (Å²) in [6, 6.07) is 6.90. The predicted octanol–water partition coefficient (Wildman–Crippen LogP) is 4.02. The molecule has 4 nitrogen and oxygen atoms in total. The van der Waals surface area contributed by atoms with Gasteiger partial charge in [-0.15, -0.1) is 11.3 Å². The average molecular weight is 359 g/mol. The summed E-state index contributed by atoms with van der Waals surface area (Å²) in [6.07, 6.45) is 4.06. The molecule has 0 fully saturated rings. The van der Waals surface area contributed by atoms with Gasteiger partial charge >= 0.3 is 0 Å². The van der Waals surface area contributed by atoms with E-state index in [2.05, 4.69) is 10.4 Å². The van der Waals surface area contributed by atoms with Crippen molar-refractivity contribution in [1.82, 2.24) is 15.1 Å². The molecule has 1 atom stereocenters. The highest BCUT2D eigenvalue weighted by Crippen LogP contribution is 2.32. The van der Waals surface area contributed by atoms with Crippen molar-refractivity contribution in [2.75, 3.05) is 0 Å². The molecule has 0 saturated heterocycles. The lowest BCUT2D eigenvalue weighted by Gasteiger charge is -2.24. The van der Waals surface area contributed by atoms with Crippen LogP contribution in [0.15, 0.2) is 41.9 Å². The minimum Gasteiger partial charge on any atom is -0.344 e. The zero-order valence-electron chi connectivity index (χ0n) is 13.2. The monoisotopic (exact) mass is 359 g/mol. The zero-order valence-corrected chi connectivity index (χ0v) is 14.0. The number of fused-ring (bicyclic) bond motifs is 1. The van der Waals surface area contributed by atoms with Crippen LogP contribution in [0.4, 0.5) is 8.78 Å². The molecule has 2 aromatic heterocycles. The highest BCUT2D eigenvalue weighted by atomic mass is 32.1. The first kappa shape index (κ1) is 16.0. The summed E-state index contributed by atoms with van der Waals surface area (Å²) in [5.74, 6) is -1.40.